The standard InChI is InChI=1S/C46H54N2O2/c1-4-17-38-22-25-46(49-32-6-3)43(34-38)39-24-26-45(40(35-39)18-5-2)50-33-16-12-10-8-7-9-11-15-29-48-30-27-37(28-31-48)21-23-41-36-47-44-20-14-13-19-42(41)44/h4-5,13-14,19-28,30-31,34-36H,1-2,6-12,15-18,29,32-33H2,3H3/p+1. The van der Waals surface area contributed by atoms with E-state index in [0.29, 0.717) is 6.61 Å². The number of rotatable bonds is 22. The summed E-state index contributed by atoms with van der Waals surface area (Å²) in [6.45, 7) is 12.6. The molecule has 0 aliphatic carbocycles. The lowest BCUT2D eigenvalue weighted by Gasteiger charge is -2.16. The number of unbranched alkanes of at least 4 members (excludes halogenated alkanes) is 7. The Hall–Kier alpha value is -4.83. The molecular formula is C46H55N2O2+. The van der Waals surface area contributed by atoms with Crippen LogP contribution in [0.2, 0.25) is 0 Å². The van der Waals surface area contributed by atoms with Crippen LogP contribution >= 0.6 is 0 Å². The molecule has 5 rings (SSSR count). The van der Waals surface area contributed by atoms with E-state index >= 15 is 0 Å². The lowest BCUT2D eigenvalue weighted by molar-refractivity contribution is -0.697. The highest BCUT2D eigenvalue weighted by Crippen LogP contribution is 2.35. The van der Waals surface area contributed by atoms with Gasteiger partial charge in [0.1, 0.15) is 18.0 Å². The van der Waals surface area contributed by atoms with Crippen LogP contribution in [0.4, 0.5) is 0 Å². The van der Waals surface area contributed by atoms with E-state index in [1.807, 2.05) is 12.2 Å². The van der Waals surface area contributed by atoms with Gasteiger partial charge in [-0.2, -0.15) is 0 Å². The summed E-state index contributed by atoms with van der Waals surface area (Å²) in [5, 5.41) is 1.26. The zero-order valence-electron chi connectivity index (χ0n) is 30.0. The fraction of sp³-hybridized carbons (Fsp3) is 0.326. The average Bonchev–Trinajstić information content (AvgIpc) is 3.56. The molecule has 2 heterocycles. The van der Waals surface area contributed by atoms with Gasteiger partial charge in [-0.05, 0) is 90.3 Å². The number of aromatic nitrogens is 2. The normalized spacial score (nSPS) is 11.3. The van der Waals surface area contributed by atoms with E-state index in [1.165, 1.54) is 78.1 Å². The fourth-order valence-electron chi connectivity index (χ4n) is 6.42. The van der Waals surface area contributed by atoms with Crippen molar-refractivity contribution in [1.82, 2.24) is 4.98 Å². The minimum absolute atomic E-state index is 0.704. The molecule has 1 N–H and O–H groups in total. The number of hydrogen-bond acceptors (Lipinski definition) is 2. The minimum Gasteiger partial charge on any atom is -0.493 e. The zero-order chi connectivity index (χ0) is 34.8. The summed E-state index contributed by atoms with van der Waals surface area (Å²) >= 11 is 0. The van der Waals surface area contributed by atoms with Gasteiger partial charge < -0.3 is 14.5 Å². The second-order valence-electron chi connectivity index (χ2n) is 13.2. The van der Waals surface area contributed by atoms with Crippen molar-refractivity contribution in [3.63, 3.8) is 0 Å². The third-order valence-electron chi connectivity index (χ3n) is 9.18. The maximum absolute atomic E-state index is 6.29. The van der Waals surface area contributed by atoms with Crippen molar-refractivity contribution in [3.8, 4) is 22.6 Å². The van der Waals surface area contributed by atoms with Crippen LogP contribution in [-0.4, -0.2) is 18.2 Å². The minimum atomic E-state index is 0.704. The van der Waals surface area contributed by atoms with Gasteiger partial charge in [-0.1, -0.05) is 93.7 Å². The number of aryl methyl sites for hydroxylation is 1. The molecule has 260 valence electrons. The highest BCUT2D eigenvalue weighted by molar-refractivity contribution is 5.91. The molecule has 0 fully saturated rings. The predicted molar refractivity (Wildman–Crippen MR) is 212 cm³/mol. The van der Waals surface area contributed by atoms with Crippen LogP contribution in [0.1, 0.15) is 87.0 Å². The second kappa shape index (κ2) is 20.0. The molecule has 0 atom stereocenters. The van der Waals surface area contributed by atoms with Crippen molar-refractivity contribution >= 4 is 23.1 Å². The summed E-state index contributed by atoms with van der Waals surface area (Å²) in [5.41, 5.74) is 8.28. The molecule has 0 aliphatic heterocycles. The Kier molecular flexibility index (Phi) is 14.6. The highest BCUT2D eigenvalue weighted by Gasteiger charge is 2.12. The van der Waals surface area contributed by atoms with Gasteiger partial charge in [0.05, 0.1) is 13.2 Å². The number of allylic oxidation sites excluding steroid dienone is 2. The molecule has 0 radical (unpaired) electrons. The Bertz CT molecular complexity index is 1810. The molecule has 50 heavy (non-hydrogen) atoms. The Morgan fingerprint density at radius 2 is 1.42 bits per heavy atom. The third kappa shape index (κ3) is 10.8. The number of ether oxygens (including phenoxy) is 2. The number of nitrogens with one attached hydrogen (secondary N) is 1. The van der Waals surface area contributed by atoms with Crippen molar-refractivity contribution in [2.24, 2.45) is 0 Å². The molecule has 5 aromatic rings. The van der Waals surface area contributed by atoms with Crippen LogP contribution in [0.5, 0.6) is 11.5 Å². The van der Waals surface area contributed by atoms with Gasteiger partial charge >= 0.3 is 0 Å². The topological polar surface area (TPSA) is 38.1 Å². The van der Waals surface area contributed by atoms with Gasteiger partial charge in [-0.15, -0.1) is 13.2 Å². The first-order chi connectivity index (χ1) is 24.7. The predicted octanol–water partition coefficient (Wildman–Crippen LogP) is 11.7. The van der Waals surface area contributed by atoms with Crippen LogP contribution in [0.15, 0.2) is 117 Å². The molecule has 0 spiro atoms. The van der Waals surface area contributed by atoms with Crippen molar-refractivity contribution in [3.05, 3.63) is 139 Å². The van der Waals surface area contributed by atoms with Gasteiger partial charge in [0.25, 0.3) is 0 Å². The van der Waals surface area contributed by atoms with Gasteiger partial charge in [0.15, 0.2) is 12.4 Å². The van der Waals surface area contributed by atoms with Crippen LogP contribution in [0.3, 0.4) is 0 Å². The van der Waals surface area contributed by atoms with E-state index in [2.05, 4.69) is 133 Å². The van der Waals surface area contributed by atoms with E-state index in [1.54, 1.807) is 0 Å². The summed E-state index contributed by atoms with van der Waals surface area (Å²) in [6, 6.07) is 25.8. The van der Waals surface area contributed by atoms with Gasteiger partial charge in [-0.25, -0.2) is 4.57 Å². The Balaban J connectivity index is 0.968. The molecule has 3 aromatic carbocycles. The Labute approximate surface area is 300 Å². The molecule has 2 aromatic heterocycles. The van der Waals surface area contributed by atoms with Crippen LogP contribution in [-0.2, 0) is 19.4 Å². The molecule has 0 saturated heterocycles. The van der Waals surface area contributed by atoms with E-state index < -0.39 is 0 Å². The molecular weight excluding hydrogens is 613 g/mol. The van der Waals surface area contributed by atoms with Gasteiger partial charge in [-0.3, -0.25) is 0 Å². The molecule has 0 unspecified atom stereocenters. The number of pyridine rings is 1. The highest BCUT2D eigenvalue weighted by atomic mass is 16.5. The van der Waals surface area contributed by atoms with Crippen LogP contribution in [0.25, 0.3) is 34.2 Å². The third-order valence-corrected chi connectivity index (χ3v) is 9.18. The monoisotopic (exact) mass is 667 g/mol. The fourth-order valence-corrected chi connectivity index (χ4v) is 6.42. The largest absolute Gasteiger partial charge is 0.493 e. The van der Waals surface area contributed by atoms with E-state index in [9.17, 15) is 0 Å². The number of hydrogen-bond donors (Lipinski definition) is 1. The van der Waals surface area contributed by atoms with Crippen LogP contribution < -0.4 is 14.0 Å². The summed E-state index contributed by atoms with van der Waals surface area (Å²) < 4.78 is 14.7. The first kappa shape index (κ1) is 36.5. The number of aromatic amines is 1. The maximum atomic E-state index is 6.29. The van der Waals surface area contributed by atoms with Crippen molar-refractivity contribution in [1.29, 1.82) is 0 Å². The Morgan fingerprint density at radius 1 is 0.700 bits per heavy atom. The maximum Gasteiger partial charge on any atom is 0.169 e. The zero-order valence-corrected chi connectivity index (χ0v) is 30.0. The van der Waals surface area contributed by atoms with E-state index in [4.69, 9.17) is 9.47 Å². The Morgan fingerprint density at radius 3 is 2.20 bits per heavy atom. The number of benzene rings is 3. The molecule has 4 nitrogen and oxygen atoms in total. The first-order valence-electron chi connectivity index (χ1n) is 18.7. The number of para-hydroxylation sites is 1. The smallest absolute Gasteiger partial charge is 0.169 e. The number of fused-ring (bicyclic) bond motifs is 1. The summed E-state index contributed by atoms with van der Waals surface area (Å²) in [6.07, 6.45) is 27.3. The lowest BCUT2D eigenvalue weighted by Crippen LogP contribution is -2.32. The molecule has 0 saturated carbocycles. The average molecular weight is 668 g/mol. The summed E-state index contributed by atoms with van der Waals surface area (Å²) in [7, 11) is 0. The first-order valence-corrected chi connectivity index (χ1v) is 18.7. The molecule has 0 amide bonds. The van der Waals surface area contributed by atoms with Crippen molar-refractivity contribution in [2.75, 3.05) is 13.2 Å². The van der Waals surface area contributed by atoms with Gasteiger partial charge in [0.2, 0.25) is 0 Å². The van der Waals surface area contributed by atoms with E-state index in [-0.39, 0.29) is 0 Å². The van der Waals surface area contributed by atoms with Crippen LogP contribution in [0, 0.1) is 0 Å². The quantitative estimate of drug-likeness (QED) is 0.0453. The van der Waals surface area contributed by atoms with Crippen molar-refractivity contribution in [2.45, 2.75) is 84.1 Å². The van der Waals surface area contributed by atoms with Crippen molar-refractivity contribution < 1.29 is 14.0 Å². The summed E-state index contributed by atoms with van der Waals surface area (Å²) in [4.78, 5) is 3.34. The van der Waals surface area contributed by atoms with E-state index in [0.717, 1.165) is 61.5 Å². The van der Waals surface area contributed by atoms with Gasteiger partial charge in [0, 0.05) is 41.2 Å². The lowest BCUT2D eigenvalue weighted by atomic mass is 9.97. The number of H-pyrrole nitrogens is 1. The molecule has 4 heteroatoms. The second-order valence-corrected chi connectivity index (χ2v) is 13.2. The number of nitrogens with zero attached hydrogens (tertiary/aromatic N) is 1. The SMILES string of the molecule is C=CCc1ccc(OCCC)c(-c2ccc(OCCCCCCCCCC[n+]3ccc(/C=C/c4c[nH]c5ccccc45)cc3)c(CC=C)c2)c1. The summed E-state index contributed by atoms with van der Waals surface area (Å²) in [5.74, 6) is 1.88. The molecule has 0 bridgehead atoms. The molecule has 0 aliphatic rings.